The molecule has 4 rings (SSSR count). The predicted octanol–water partition coefficient (Wildman–Crippen LogP) is 4.77. The molecule has 6 nitrogen and oxygen atoms in total. The van der Waals surface area contributed by atoms with Crippen molar-refractivity contribution in [2.45, 2.75) is 13.8 Å². The van der Waals surface area contributed by atoms with E-state index in [-0.39, 0.29) is 17.5 Å². The second-order valence-electron chi connectivity index (χ2n) is 8.28. The van der Waals surface area contributed by atoms with Gasteiger partial charge in [0.25, 0.3) is 11.8 Å². The summed E-state index contributed by atoms with van der Waals surface area (Å²) in [4.78, 5) is 30.5. The number of benzene rings is 3. The number of nitrogens with one attached hydrogen (secondary N) is 1. The van der Waals surface area contributed by atoms with Crippen LogP contribution < -0.4 is 19.9 Å². The molecule has 0 bridgehead atoms. The molecule has 0 radical (unpaired) electrons. The summed E-state index contributed by atoms with van der Waals surface area (Å²) in [6.07, 6.45) is 0. The van der Waals surface area contributed by atoms with Crippen LogP contribution in [0.4, 0.5) is 17.1 Å². The standard InChI is InChI=1S/C27H27N3O3/c1-17-9-14-23(18(2)15-17)24-25(28-19-10-12-22(33-5)13-11-19)27(32)30(26(24)31)21-8-6-7-20(16-21)29(3)4/h6-16,28H,1-5H3. The van der Waals surface area contributed by atoms with Gasteiger partial charge in [0, 0.05) is 25.5 Å². The highest BCUT2D eigenvalue weighted by molar-refractivity contribution is 6.46. The fourth-order valence-electron chi connectivity index (χ4n) is 3.95. The first-order chi connectivity index (χ1) is 15.8. The summed E-state index contributed by atoms with van der Waals surface area (Å²) < 4.78 is 5.23. The Morgan fingerprint density at radius 1 is 0.879 bits per heavy atom. The Balaban J connectivity index is 1.83. The second-order valence-corrected chi connectivity index (χ2v) is 8.28. The number of carbonyl (C=O) groups excluding carboxylic acids is 2. The third-order valence-electron chi connectivity index (χ3n) is 5.70. The highest BCUT2D eigenvalue weighted by atomic mass is 16.5. The van der Waals surface area contributed by atoms with E-state index < -0.39 is 0 Å². The van der Waals surface area contributed by atoms with Crippen molar-refractivity contribution < 1.29 is 14.3 Å². The summed E-state index contributed by atoms with van der Waals surface area (Å²) in [5.41, 5.74) is 5.51. The van der Waals surface area contributed by atoms with Crippen LogP contribution in [0.25, 0.3) is 5.57 Å². The zero-order valence-corrected chi connectivity index (χ0v) is 19.5. The van der Waals surface area contributed by atoms with Crippen LogP contribution >= 0.6 is 0 Å². The Bertz CT molecular complexity index is 1260. The molecule has 0 atom stereocenters. The monoisotopic (exact) mass is 441 g/mol. The van der Waals surface area contributed by atoms with Crippen LogP contribution in [0.2, 0.25) is 0 Å². The minimum atomic E-state index is -0.387. The van der Waals surface area contributed by atoms with E-state index in [2.05, 4.69) is 5.32 Å². The molecule has 1 heterocycles. The highest BCUT2D eigenvalue weighted by Gasteiger charge is 2.40. The zero-order chi connectivity index (χ0) is 23.7. The second kappa shape index (κ2) is 8.82. The summed E-state index contributed by atoms with van der Waals surface area (Å²) in [5, 5.41) is 3.20. The lowest BCUT2D eigenvalue weighted by molar-refractivity contribution is -0.120. The molecule has 1 aliphatic heterocycles. The maximum Gasteiger partial charge on any atom is 0.282 e. The average Bonchev–Trinajstić information content (AvgIpc) is 3.04. The van der Waals surface area contributed by atoms with E-state index >= 15 is 0 Å². The smallest absolute Gasteiger partial charge is 0.282 e. The number of carbonyl (C=O) groups is 2. The minimum Gasteiger partial charge on any atom is -0.497 e. The topological polar surface area (TPSA) is 61.9 Å². The van der Waals surface area contributed by atoms with Gasteiger partial charge in [-0.2, -0.15) is 0 Å². The van der Waals surface area contributed by atoms with E-state index in [0.29, 0.717) is 22.7 Å². The summed E-state index contributed by atoms with van der Waals surface area (Å²) >= 11 is 0. The molecule has 0 fully saturated rings. The lowest BCUT2D eigenvalue weighted by atomic mass is 9.97. The Morgan fingerprint density at radius 3 is 2.24 bits per heavy atom. The van der Waals surface area contributed by atoms with Gasteiger partial charge in [-0.1, -0.05) is 29.8 Å². The Labute approximate surface area is 194 Å². The average molecular weight is 442 g/mol. The number of rotatable bonds is 6. The predicted molar refractivity (Wildman–Crippen MR) is 133 cm³/mol. The van der Waals surface area contributed by atoms with Gasteiger partial charge in [-0.05, 0) is 67.4 Å². The van der Waals surface area contributed by atoms with Gasteiger partial charge >= 0.3 is 0 Å². The maximum atomic E-state index is 13.7. The molecule has 0 saturated heterocycles. The maximum absolute atomic E-state index is 13.7. The van der Waals surface area contributed by atoms with Crippen LogP contribution in [0.5, 0.6) is 5.75 Å². The molecule has 0 aromatic heterocycles. The molecule has 33 heavy (non-hydrogen) atoms. The SMILES string of the molecule is COc1ccc(NC2=C(c3ccc(C)cc3C)C(=O)N(c3cccc(N(C)C)c3)C2=O)cc1. The van der Waals surface area contributed by atoms with Crippen molar-refractivity contribution >= 4 is 34.4 Å². The van der Waals surface area contributed by atoms with Gasteiger partial charge in [-0.3, -0.25) is 9.59 Å². The number of nitrogens with zero attached hydrogens (tertiary/aromatic N) is 2. The largest absolute Gasteiger partial charge is 0.497 e. The van der Waals surface area contributed by atoms with E-state index in [0.717, 1.165) is 22.4 Å². The van der Waals surface area contributed by atoms with Crippen LogP contribution in [0, 0.1) is 13.8 Å². The van der Waals surface area contributed by atoms with Crippen molar-refractivity contribution in [3.05, 3.63) is 89.1 Å². The molecule has 3 aromatic carbocycles. The Kier molecular flexibility index (Phi) is 5.92. The molecule has 3 aromatic rings. The van der Waals surface area contributed by atoms with Gasteiger partial charge < -0.3 is 15.0 Å². The van der Waals surface area contributed by atoms with Crippen molar-refractivity contribution in [2.24, 2.45) is 0 Å². The Morgan fingerprint density at radius 2 is 1.61 bits per heavy atom. The van der Waals surface area contributed by atoms with Gasteiger partial charge in [0.15, 0.2) is 0 Å². The summed E-state index contributed by atoms with van der Waals surface area (Å²) in [6.45, 7) is 3.95. The first-order valence-corrected chi connectivity index (χ1v) is 10.7. The number of anilines is 3. The van der Waals surface area contributed by atoms with Crippen molar-refractivity contribution in [1.29, 1.82) is 0 Å². The van der Waals surface area contributed by atoms with Crippen molar-refractivity contribution in [1.82, 2.24) is 0 Å². The van der Waals surface area contributed by atoms with Crippen LogP contribution in [-0.4, -0.2) is 33.0 Å². The molecular formula is C27H27N3O3. The summed E-state index contributed by atoms with van der Waals surface area (Å²) in [6, 6.07) is 20.5. The number of hydrogen-bond acceptors (Lipinski definition) is 5. The minimum absolute atomic E-state index is 0.257. The third-order valence-corrected chi connectivity index (χ3v) is 5.70. The van der Waals surface area contributed by atoms with Gasteiger partial charge in [0.1, 0.15) is 11.4 Å². The number of methoxy groups -OCH3 is 1. The number of amides is 2. The molecular weight excluding hydrogens is 414 g/mol. The van der Waals surface area contributed by atoms with Gasteiger partial charge in [0.05, 0.1) is 18.4 Å². The van der Waals surface area contributed by atoms with Crippen LogP contribution in [0.15, 0.2) is 72.4 Å². The molecule has 168 valence electrons. The zero-order valence-electron chi connectivity index (χ0n) is 19.5. The van der Waals surface area contributed by atoms with Crippen LogP contribution in [0.3, 0.4) is 0 Å². The lowest BCUT2D eigenvalue weighted by Gasteiger charge is -2.19. The molecule has 1 aliphatic rings. The first-order valence-electron chi connectivity index (χ1n) is 10.7. The molecule has 0 unspecified atom stereocenters. The molecule has 1 N–H and O–H groups in total. The van der Waals surface area contributed by atoms with Crippen LogP contribution in [-0.2, 0) is 9.59 Å². The first kappa shape index (κ1) is 22.1. The molecule has 0 spiro atoms. The normalized spacial score (nSPS) is 13.5. The fourth-order valence-corrected chi connectivity index (χ4v) is 3.95. The molecule has 2 amide bonds. The quantitative estimate of drug-likeness (QED) is 0.558. The molecule has 6 heteroatoms. The van der Waals surface area contributed by atoms with Crippen LogP contribution in [0.1, 0.15) is 16.7 Å². The molecule has 0 aliphatic carbocycles. The van der Waals surface area contributed by atoms with E-state index in [1.54, 1.807) is 25.3 Å². The van der Waals surface area contributed by atoms with E-state index in [9.17, 15) is 9.59 Å². The summed E-state index contributed by atoms with van der Waals surface area (Å²) in [5.74, 6) is -0.0272. The third kappa shape index (κ3) is 4.20. The fraction of sp³-hybridized carbons (Fsp3) is 0.185. The highest BCUT2D eigenvalue weighted by Crippen LogP contribution is 2.36. The van der Waals surface area contributed by atoms with Crippen molar-refractivity contribution in [3.8, 4) is 5.75 Å². The van der Waals surface area contributed by atoms with Gasteiger partial charge in [-0.25, -0.2) is 4.90 Å². The van der Waals surface area contributed by atoms with E-state index in [1.807, 2.05) is 81.4 Å². The number of hydrogen-bond donors (Lipinski definition) is 1. The van der Waals surface area contributed by atoms with Gasteiger partial charge in [0.2, 0.25) is 0 Å². The number of imide groups is 1. The van der Waals surface area contributed by atoms with E-state index in [4.69, 9.17) is 4.74 Å². The van der Waals surface area contributed by atoms with Gasteiger partial charge in [-0.15, -0.1) is 0 Å². The number of ether oxygens (including phenoxy) is 1. The van der Waals surface area contributed by atoms with Crippen molar-refractivity contribution in [3.63, 3.8) is 0 Å². The lowest BCUT2D eigenvalue weighted by Crippen LogP contribution is -2.32. The molecule has 0 saturated carbocycles. The number of aryl methyl sites for hydroxylation is 2. The van der Waals surface area contributed by atoms with E-state index in [1.165, 1.54) is 4.90 Å². The van der Waals surface area contributed by atoms with Crippen molar-refractivity contribution in [2.75, 3.05) is 36.3 Å². The summed E-state index contributed by atoms with van der Waals surface area (Å²) in [7, 11) is 5.44. The Hall–Kier alpha value is -4.06.